The Morgan fingerprint density at radius 2 is 1.77 bits per heavy atom. The van der Waals surface area contributed by atoms with E-state index < -0.39 is 29.1 Å². The third-order valence-electron chi connectivity index (χ3n) is 5.32. The summed E-state index contributed by atoms with van der Waals surface area (Å²) in [4.78, 5) is 56.4. The number of fused-ring (bicyclic) bond motifs is 1. The molecule has 3 amide bonds. The van der Waals surface area contributed by atoms with Crippen molar-refractivity contribution in [2.45, 2.75) is 60.1 Å². The van der Waals surface area contributed by atoms with Crippen molar-refractivity contribution in [2.75, 3.05) is 22.9 Å². The van der Waals surface area contributed by atoms with Crippen LogP contribution in [0.15, 0.2) is 35.7 Å². The molecule has 0 saturated heterocycles. The number of thiophene rings is 1. The first-order valence-electron chi connectivity index (χ1n) is 11.5. The highest BCUT2D eigenvalue weighted by molar-refractivity contribution is 7.12. The van der Waals surface area contributed by atoms with Gasteiger partial charge in [0.25, 0.3) is 5.91 Å². The van der Waals surface area contributed by atoms with Crippen LogP contribution in [0.4, 0.5) is 16.2 Å². The van der Waals surface area contributed by atoms with E-state index in [1.54, 1.807) is 71.2 Å². The molecular weight excluding hydrogens is 466 g/mol. The van der Waals surface area contributed by atoms with E-state index >= 15 is 0 Å². The summed E-state index contributed by atoms with van der Waals surface area (Å²) in [5.74, 6) is -0.929. The fourth-order valence-electron chi connectivity index (χ4n) is 3.72. The number of nitrogens with one attached hydrogen (secondary N) is 1. The Kier molecular flexibility index (Phi) is 7.40. The minimum Gasteiger partial charge on any atom is -0.444 e. The van der Waals surface area contributed by atoms with Crippen molar-refractivity contribution >= 4 is 46.4 Å². The van der Waals surface area contributed by atoms with Gasteiger partial charge in [0.15, 0.2) is 5.78 Å². The standard InChI is InChI=1S/C26H33N3O5S/c1-16-10-11-18-19(13-16)28(15-20(30)21-9-8-12-35-21)22(31)17(27-24(33)34-26(5,6)7)14-29(18)23(32)25(2,3)4/h8-13,17H,14-15H2,1-7H3,(H,27,33). The van der Waals surface area contributed by atoms with Gasteiger partial charge in [0, 0.05) is 5.41 Å². The van der Waals surface area contributed by atoms with Crippen LogP contribution in [-0.2, 0) is 14.3 Å². The van der Waals surface area contributed by atoms with Gasteiger partial charge in [-0.05, 0) is 56.8 Å². The smallest absolute Gasteiger partial charge is 0.408 e. The zero-order chi connectivity index (χ0) is 26.1. The van der Waals surface area contributed by atoms with Crippen LogP contribution in [-0.4, -0.2) is 48.4 Å². The topological polar surface area (TPSA) is 96.0 Å². The van der Waals surface area contributed by atoms with Crippen LogP contribution in [0.1, 0.15) is 56.8 Å². The third kappa shape index (κ3) is 6.28. The summed E-state index contributed by atoms with van der Waals surface area (Å²) in [5, 5.41) is 4.43. The summed E-state index contributed by atoms with van der Waals surface area (Å²) in [6, 6.07) is 7.79. The maximum absolute atomic E-state index is 13.8. The first kappa shape index (κ1) is 26.4. The van der Waals surface area contributed by atoms with Crippen LogP contribution >= 0.6 is 11.3 Å². The number of nitrogens with zero attached hydrogens (tertiary/aromatic N) is 2. The number of Topliss-reactive ketones (excluding diaryl/α,β-unsaturated/α-hetero) is 1. The van der Waals surface area contributed by atoms with Crippen molar-refractivity contribution in [3.8, 4) is 0 Å². The van der Waals surface area contributed by atoms with E-state index in [1.807, 2.05) is 13.0 Å². The van der Waals surface area contributed by atoms with E-state index in [4.69, 9.17) is 4.74 Å². The molecule has 0 spiro atoms. The van der Waals surface area contributed by atoms with E-state index in [-0.39, 0.29) is 24.8 Å². The summed E-state index contributed by atoms with van der Waals surface area (Å²) < 4.78 is 5.37. The first-order chi connectivity index (χ1) is 16.2. The number of carbonyl (C=O) groups excluding carboxylic acids is 4. The largest absolute Gasteiger partial charge is 0.444 e. The molecule has 2 heterocycles. The van der Waals surface area contributed by atoms with E-state index in [9.17, 15) is 19.2 Å². The monoisotopic (exact) mass is 499 g/mol. The van der Waals surface area contributed by atoms with Gasteiger partial charge < -0.3 is 19.9 Å². The number of alkyl carbamates (subject to hydrolysis) is 1. The summed E-state index contributed by atoms with van der Waals surface area (Å²) >= 11 is 1.30. The highest BCUT2D eigenvalue weighted by atomic mass is 32.1. The average molecular weight is 500 g/mol. The highest BCUT2D eigenvalue weighted by Crippen LogP contribution is 2.36. The van der Waals surface area contributed by atoms with Gasteiger partial charge >= 0.3 is 6.09 Å². The molecule has 1 unspecified atom stereocenters. The summed E-state index contributed by atoms with van der Waals surface area (Å²) in [6.45, 7) is 12.1. The molecule has 0 radical (unpaired) electrons. The molecule has 35 heavy (non-hydrogen) atoms. The lowest BCUT2D eigenvalue weighted by atomic mass is 9.94. The van der Waals surface area contributed by atoms with Gasteiger partial charge in [-0.25, -0.2) is 4.79 Å². The Bertz CT molecular complexity index is 1130. The predicted molar refractivity (Wildman–Crippen MR) is 137 cm³/mol. The van der Waals surface area contributed by atoms with Gasteiger partial charge in [-0.1, -0.05) is 32.9 Å². The van der Waals surface area contributed by atoms with Gasteiger partial charge in [0.05, 0.1) is 29.3 Å². The minimum atomic E-state index is -1.11. The highest BCUT2D eigenvalue weighted by Gasteiger charge is 2.40. The number of hydrogen-bond acceptors (Lipinski definition) is 6. The number of amides is 3. The van der Waals surface area contributed by atoms with Crippen LogP contribution in [0.25, 0.3) is 0 Å². The molecule has 8 nitrogen and oxygen atoms in total. The Labute approximate surface area is 210 Å². The maximum Gasteiger partial charge on any atom is 0.408 e. The number of hydrogen-bond donors (Lipinski definition) is 1. The summed E-state index contributed by atoms with van der Waals surface area (Å²) in [5.41, 5.74) is 0.311. The molecule has 1 atom stereocenters. The number of aryl methyl sites for hydroxylation is 1. The predicted octanol–water partition coefficient (Wildman–Crippen LogP) is 4.56. The van der Waals surface area contributed by atoms with Crippen molar-refractivity contribution in [3.05, 3.63) is 46.2 Å². The van der Waals surface area contributed by atoms with Crippen LogP contribution in [0, 0.1) is 12.3 Å². The lowest BCUT2D eigenvalue weighted by Gasteiger charge is -2.31. The van der Waals surface area contributed by atoms with Crippen LogP contribution in [0.2, 0.25) is 0 Å². The molecule has 188 valence electrons. The van der Waals surface area contributed by atoms with Crippen LogP contribution in [0.5, 0.6) is 0 Å². The maximum atomic E-state index is 13.8. The second-order valence-corrected chi connectivity index (χ2v) is 11.6. The van der Waals surface area contributed by atoms with Crippen molar-refractivity contribution in [1.82, 2.24) is 5.32 Å². The molecule has 3 rings (SSSR count). The van der Waals surface area contributed by atoms with Crippen molar-refractivity contribution in [3.63, 3.8) is 0 Å². The zero-order valence-electron chi connectivity index (χ0n) is 21.3. The van der Waals surface area contributed by atoms with E-state index in [0.717, 1.165) is 5.56 Å². The third-order valence-corrected chi connectivity index (χ3v) is 6.23. The molecule has 0 saturated carbocycles. The molecule has 1 N–H and O–H groups in total. The number of anilines is 2. The van der Waals surface area contributed by atoms with E-state index in [2.05, 4.69) is 5.32 Å². The zero-order valence-corrected chi connectivity index (χ0v) is 22.1. The molecule has 1 aliphatic heterocycles. The van der Waals surface area contributed by atoms with E-state index in [0.29, 0.717) is 16.3 Å². The van der Waals surface area contributed by atoms with Gasteiger partial charge in [0.2, 0.25) is 5.91 Å². The lowest BCUT2D eigenvalue weighted by Crippen LogP contribution is -2.55. The van der Waals surface area contributed by atoms with Gasteiger partial charge in [-0.15, -0.1) is 11.3 Å². The van der Waals surface area contributed by atoms with Crippen LogP contribution < -0.4 is 15.1 Å². The molecular formula is C26H33N3O5S. The summed E-state index contributed by atoms with van der Waals surface area (Å²) in [7, 11) is 0. The second-order valence-electron chi connectivity index (χ2n) is 10.7. The Balaban J connectivity index is 2.09. The number of benzene rings is 1. The Morgan fingerprint density at radius 1 is 1.09 bits per heavy atom. The average Bonchev–Trinajstić information content (AvgIpc) is 3.24. The lowest BCUT2D eigenvalue weighted by molar-refractivity contribution is -0.126. The minimum absolute atomic E-state index is 0.0894. The van der Waals surface area contributed by atoms with Crippen molar-refractivity contribution in [2.24, 2.45) is 5.41 Å². The second kappa shape index (κ2) is 9.81. The molecule has 1 aromatic carbocycles. The van der Waals surface area contributed by atoms with Gasteiger partial charge in [0.1, 0.15) is 11.6 Å². The van der Waals surface area contributed by atoms with Gasteiger partial charge in [-0.2, -0.15) is 0 Å². The van der Waals surface area contributed by atoms with Crippen molar-refractivity contribution < 1.29 is 23.9 Å². The van der Waals surface area contributed by atoms with Crippen molar-refractivity contribution in [1.29, 1.82) is 0 Å². The summed E-state index contributed by atoms with van der Waals surface area (Å²) in [6.07, 6.45) is -0.773. The normalized spacial score (nSPS) is 16.4. The van der Waals surface area contributed by atoms with E-state index in [1.165, 1.54) is 21.1 Å². The first-order valence-corrected chi connectivity index (χ1v) is 12.4. The SMILES string of the molecule is Cc1ccc2c(c1)N(CC(=O)c1cccs1)C(=O)C(NC(=O)OC(C)(C)C)CN2C(=O)C(C)(C)C. The number of ketones is 1. The quantitative estimate of drug-likeness (QED) is 0.622. The molecule has 0 bridgehead atoms. The molecule has 9 heteroatoms. The number of ether oxygens (including phenoxy) is 1. The van der Waals surface area contributed by atoms with Gasteiger partial charge in [-0.3, -0.25) is 14.4 Å². The molecule has 2 aromatic rings. The fraction of sp³-hybridized carbons (Fsp3) is 0.462. The van der Waals surface area contributed by atoms with Crippen LogP contribution in [0.3, 0.4) is 0 Å². The molecule has 1 aromatic heterocycles. The Hall–Kier alpha value is -3.20. The molecule has 0 aliphatic carbocycles. The molecule has 0 fully saturated rings. The molecule has 1 aliphatic rings. The number of rotatable bonds is 4. The number of carbonyl (C=O) groups is 4. The fourth-order valence-corrected chi connectivity index (χ4v) is 4.38. The Morgan fingerprint density at radius 3 is 2.34 bits per heavy atom.